The average molecular weight is 262 g/mol. The first-order valence-electron chi connectivity index (χ1n) is 6.22. The number of primary amides is 1. The molecule has 102 valence electrons. The number of nitrogens with one attached hydrogen (secondary N) is 1. The van der Waals surface area contributed by atoms with E-state index >= 15 is 0 Å². The number of aryl methyl sites for hydroxylation is 1. The number of rotatable bonds is 5. The summed E-state index contributed by atoms with van der Waals surface area (Å²) in [5.41, 5.74) is 6.65. The second-order valence-electron chi connectivity index (χ2n) is 5.07. The van der Waals surface area contributed by atoms with Gasteiger partial charge in [0.2, 0.25) is 11.8 Å². The molecule has 1 aromatic carbocycles. The number of benzene rings is 1. The Bertz CT molecular complexity index is 495. The molecular formula is C14H18N2O3. The van der Waals surface area contributed by atoms with Crippen molar-refractivity contribution < 1.29 is 14.3 Å². The fraction of sp³-hybridized carbons (Fsp3) is 0.429. The first kappa shape index (κ1) is 13.5. The maximum atomic E-state index is 12.0. The van der Waals surface area contributed by atoms with Crippen LogP contribution in [0.15, 0.2) is 24.3 Å². The normalized spacial score (nSPS) is 16.5. The molecule has 1 fully saturated rings. The Hall–Kier alpha value is -1.88. The molecule has 0 aromatic heterocycles. The molecule has 1 heterocycles. The summed E-state index contributed by atoms with van der Waals surface area (Å²) in [6, 6.07) is 7.73. The Kier molecular flexibility index (Phi) is 3.85. The molecule has 1 aliphatic rings. The molecular weight excluding hydrogens is 244 g/mol. The van der Waals surface area contributed by atoms with E-state index in [1.807, 2.05) is 31.2 Å². The lowest BCUT2D eigenvalue weighted by Crippen LogP contribution is -2.63. The van der Waals surface area contributed by atoms with Gasteiger partial charge in [0, 0.05) is 0 Å². The van der Waals surface area contributed by atoms with Crippen molar-refractivity contribution in [2.45, 2.75) is 25.3 Å². The summed E-state index contributed by atoms with van der Waals surface area (Å²) in [4.78, 5) is 23.1. The smallest absolute Gasteiger partial charge is 0.225 e. The van der Waals surface area contributed by atoms with Crippen molar-refractivity contribution in [1.82, 2.24) is 5.32 Å². The number of hydrogen-bond acceptors (Lipinski definition) is 3. The number of hydrogen-bond donors (Lipinski definition) is 2. The Morgan fingerprint density at radius 2 is 2.05 bits per heavy atom. The topological polar surface area (TPSA) is 81.4 Å². The summed E-state index contributed by atoms with van der Waals surface area (Å²) >= 11 is 0. The molecule has 19 heavy (non-hydrogen) atoms. The molecule has 1 aliphatic heterocycles. The van der Waals surface area contributed by atoms with Gasteiger partial charge in [-0.3, -0.25) is 9.59 Å². The lowest BCUT2D eigenvalue weighted by Gasteiger charge is -2.41. The van der Waals surface area contributed by atoms with Crippen molar-refractivity contribution in [2.24, 2.45) is 5.73 Å². The van der Waals surface area contributed by atoms with Gasteiger partial charge in [0.25, 0.3) is 0 Å². The van der Waals surface area contributed by atoms with Crippen LogP contribution in [0.5, 0.6) is 0 Å². The molecule has 5 heteroatoms. The standard InChI is InChI=1S/C14H18N2O3/c1-10-4-2-3-5-11(10)6-13(18)16-14(7-12(15)17)8-19-9-14/h2-5H,6-9H2,1H3,(H2,15,17)(H,16,18). The maximum absolute atomic E-state index is 12.0. The molecule has 0 bridgehead atoms. The second kappa shape index (κ2) is 5.40. The van der Waals surface area contributed by atoms with E-state index in [1.165, 1.54) is 0 Å². The second-order valence-corrected chi connectivity index (χ2v) is 5.07. The summed E-state index contributed by atoms with van der Waals surface area (Å²) < 4.78 is 5.09. The van der Waals surface area contributed by atoms with Gasteiger partial charge < -0.3 is 15.8 Å². The molecule has 0 saturated carbocycles. The molecule has 2 rings (SSSR count). The van der Waals surface area contributed by atoms with Crippen LogP contribution in [0.25, 0.3) is 0 Å². The van der Waals surface area contributed by atoms with Gasteiger partial charge in [-0.25, -0.2) is 0 Å². The number of ether oxygens (including phenoxy) is 1. The molecule has 2 amide bonds. The third kappa shape index (κ3) is 3.32. The third-order valence-corrected chi connectivity index (χ3v) is 3.29. The Morgan fingerprint density at radius 1 is 1.37 bits per heavy atom. The molecule has 1 aromatic rings. The van der Waals surface area contributed by atoms with Gasteiger partial charge in [-0.15, -0.1) is 0 Å². The molecule has 1 saturated heterocycles. The lowest BCUT2D eigenvalue weighted by molar-refractivity contribution is -0.138. The van der Waals surface area contributed by atoms with Crippen LogP contribution >= 0.6 is 0 Å². The van der Waals surface area contributed by atoms with Crippen LogP contribution in [-0.4, -0.2) is 30.6 Å². The van der Waals surface area contributed by atoms with Crippen LogP contribution in [0.4, 0.5) is 0 Å². The van der Waals surface area contributed by atoms with Crippen molar-refractivity contribution in [3.8, 4) is 0 Å². The molecule has 0 unspecified atom stereocenters. The SMILES string of the molecule is Cc1ccccc1CC(=O)NC1(CC(N)=O)COC1. The zero-order valence-corrected chi connectivity index (χ0v) is 10.9. The molecule has 0 atom stereocenters. The molecule has 0 radical (unpaired) electrons. The van der Waals surface area contributed by atoms with Crippen LogP contribution < -0.4 is 11.1 Å². The van der Waals surface area contributed by atoms with E-state index in [1.54, 1.807) is 0 Å². The van der Waals surface area contributed by atoms with E-state index in [9.17, 15) is 9.59 Å². The van der Waals surface area contributed by atoms with Gasteiger partial charge in [-0.2, -0.15) is 0 Å². The van der Waals surface area contributed by atoms with Crippen LogP contribution in [0.1, 0.15) is 17.5 Å². The minimum absolute atomic E-state index is 0.112. The van der Waals surface area contributed by atoms with Crippen molar-refractivity contribution in [3.63, 3.8) is 0 Å². The molecule has 3 N–H and O–H groups in total. The number of nitrogens with two attached hydrogens (primary N) is 1. The summed E-state index contributed by atoms with van der Waals surface area (Å²) in [6.07, 6.45) is 0.416. The number of carbonyl (C=O) groups is 2. The first-order valence-corrected chi connectivity index (χ1v) is 6.22. The third-order valence-electron chi connectivity index (χ3n) is 3.29. The van der Waals surface area contributed by atoms with E-state index < -0.39 is 11.4 Å². The average Bonchev–Trinajstić information content (AvgIpc) is 2.28. The van der Waals surface area contributed by atoms with E-state index in [2.05, 4.69) is 5.32 Å². The molecule has 0 aliphatic carbocycles. The summed E-state index contributed by atoms with van der Waals surface area (Å²) in [7, 11) is 0. The van der Waals surface area contributed by atoms with Crippen molar-refractivity contribution in [3.05, 3.63) is 35.4 Å². The highest BCUT2D eigenvalue weighted by atomic mass is 16.5. The van der Waals surface area contributed by atoms with E-state index in [0.717, 1.165) is 11.1 Å². The quantitative estimate of drug-likeness (QED) is 0.800. The van der Waals surface area contributed by atoms with Crippen LogP contribution in [0, 0.1) is 6.92 Å². The van der Waals surface area contributed by atoms with Crippen molar-refractivity contribution in [1.29, 1.82) is 0 Å². The zero-order chi connectivity index (χ0) is 13.9. The van der Waals surface area contributed by atoms with Gasteiger partial charge in [0.15, 0.2) is 0 Å². The van der Waals surface area contributed by atoms with Crippen molar-refractivity contribution in [2.75, 3.05) is 13.2 Å². The first-order chi connectivity index (χ1) is 9.01. The highest BCUT2D eigenvalue weighted by Crippen LogP contribution is 2.21. The minimum atomic E-state index is -0.606. The van der Waals surface area contributed by atoms with Crippen LogP contribution in [-0.2, 0) is 20.7 Å². The maximum Gasteiger partial charge on any atom is 0.225 e. The van der Waals surface area contributed by atoms with Gasteiger partial charge in [0.05, 0.1) is 31.6 Å². The van der Waals surface area contributed by atoms with Crippen molar-refractivity contribution >= 4 is 11.8 Å². The number of carbonyl (C=O) groups excluding carboxylic acids is 2. The predicted molar refractivity (Wildman–Crippen MR) is 70.4 cm³/mol. The highest BCUT2D eigenvalue weighted by molar-refractivity contribution is 5.82. The summed E-state index contributed by atoms with van der Waals surface area (Å²) in [5, 5.41) is 2.87. The predicted octanol–water partition coefficient (Wildman–Crippen LogP) is 0.298. The lowest BCUT2D eigenvalue weighted by atomic mass is 9.92. The summed E-state index contributed by atoms with van der Waals surface area (Å²) in [6.45, 7) is 2.65. The summed E-state index contributed by atoms with van der Waals surface area (Å²) in [5.74, 6) is -0.543. The van der Waals surface area contributed by atoms with Crippen LogP contribution in [0.2, 0.25) is 0 Å². The van der Waals surface area contributed by atoms with Gasteiger partial charge >= 0.3 is 0 Å². The van der Waals surface area contributed by atoms with E-state index in [-0.39, 0.29) is 12.3 Å². The Labute approximate surface area is 112 Å². The Balaban J connectivity index is 1.97. The van der Waals surface area contributed by atoms with Gasteiger partial charge in [-0.05, 0) is 18.1 Å². The fourth-order valence-corrected chi connectivity index (χ4v) is 2.22. The van der Waals surface area contributed by atoms with Crippen LogP contribution in [0.3, 0.4) is 0 Å². The highest BCUT2D eigenvalue weighted by Gasteiger charge is 2.41. The number of amides is 2. The molecule has 0 spiro atoms. The minimum Gasteiger partial charge on any atom is -0.376 e. The van der Waals surface area contributed by atoms with E-state index in [0.29, 0.717) is 19.6 Å². The van der Waals surface area contributed by atoms with E-state index in [4.69, 9.17) is 10.5 Å². The molecule has 5 nitrogen and oxygen atoms in total. The zero-order valence-electron chi connectivity index (χ0n) is 10.9. The fourth-order valence-electron chi connectivity index (χ4n) is 2.22. The van der Waals surface area contributed by atoms with Gasteiger partial charge in [0.1, 0.15) is 0 Å². The van der Waals surface area contributed by atoms with Gasteiger partial charge in [-0.1, -0.05) is 24.3 Å². The largest absolute Gasteiger partial charge is 0.376 e. The Morgan fingerprint density at radius 3 is 2.58 bits per heavy atom. The monoisotopic (exact) mass is 262 g/mol.